The van der Waals surface area contributed by atoms with E-state index in [9.17, 15) is 14.4 Å². The Balaban J connectivity index is 3.01. The van der Waals surface area contributed by atoms with Crippen LogP contribution in [0.2, 0.25) is 0 Å². The number of carbonyl (C=O) groups is 2. The van der Waals surface area contributed by atoms with Crippen LogP contribution >= 0.6 is 0 Å². The molecule has 0 aliphatic heterocycles. The van der Waals surface area contributed by atoms with Crippen molar-refractivity contribution in [1.29, 1.82) is 0 Å². The SMILES string of the molecule is Cc1nn(C)c(=O)c(C(=O)NC[C@H](O)C(=O)O)c1C. The molecule has 1 aromatic rings. The number of aliphatic hydroxyl groups excluding tert-OH is 1. The zero-order valence-electron chi connectivity index (χ0n) is 10.8. The lowest BCUT2D eigenvalue weighted by Crippen LogP contribution is -2.40. The predicted octanol–water partition coefficient (Wildman–Crippen LogP) is -1.43. The Morgan fingerprint density at radius 1 is 1.42 bits per heavy atom. The summed E-state index contributed by atoms with van der Waals surface area (Å²) in [5, 5.41) is 23.7. The second-order valence-corrected chi connectivity index (χ2v) is 4.08. The maximum Gasteiger partial charge on any atom is 0.334 e. The van der Waals surface area contributed by atoms with Gasteiger partial charge in [0.25, 0.3) is 11.5 Å². The van der Waals surface area contributed by atoms with Gasteiger partial charge in [0.2, 0.25) is 0 Å². The topological polar surface area (TPSA) is 122 Å². The smallest absolute Gasteiger partial charge is 0.334 e. The number of hydrogen-bond donors (Lipinski definition) is 3. The number of aliphatic hydroxyl groups is 1. The van der Waals surface area contributed by atoms with Crippen molar-refractivity contribution in [3.8, 4) is 0 Å². The summed E-state index contributed by atoms with van der Waals surface area (Å²) in [6.45, 7) is 2.75. The van der Waals surface area contributed by atoms with Crippen molar-refractivity contribution >= 4 is 11.9 Å². The molecule has 19 heavy (non-hydrogen) atoms. The van der Waals surface area contributed by atoms with Crippen molar-refractivity contribution in [3.63, 3.8) is 0 Å². The maximum atomic E-state index is 11.9. The molecule has 8 nitrogen and oxygen atoms in total. The molecule has 0 unspecified atom stereocenters. The number of aromatic nitrogens is 2. The van der Waals surface area contributed by atoms with E-state index in [1.807, 2.05) is 0 Å². The molecule has 0 aliphatic carbocycles. The summed E-state index contributed by atoms with van der Waals surface area (Å²) < 4.78 is 1.03. The average Bonchev–Trinajstić information content (AvgIpc) is 2.33. The van der Waals surface area contributed by atoms with Gasteiger partial charge < -0.3 is 15.5 Å². The second kappa shape index (κ2) is 5.61. The summed E-state index contributed by atoms with van der Waals surface area (Å²) in [6, 6.07) is 0. The molecule has 8 heteroatoms. The molecular formula is C11H15N3O5. The van der Waals surface area contributed by atoms with Gasteiger partial charge >= 0.3 is 5.97 Å². The molecule has 1 heterocycles. The van der Waals surface area contributed by atoms with Gasteiger partial charge in [-0.05, 0) is 19.4 Å². The number of nitrogens with one attached hydrogen (secondary N) is 1. The van der Waals surface area contributed by atoms with Crippen LogP contribution in [0.1, 0.15) is 21.6 Å². The number of carboxylic acids is 1. The predicted molar refractivity (Wildman–Crippen MR) is 64.9 cm³/mol. The minimum absolute atomic E-state index is 0.104. The molecule has 0 aliphatic rings. The van der Waals surface area contributed by atoms with Gasteiger partial charge in [-0.3, -0.25) is 9.59 Å². The summed E-state index contributed by atoms with van der Waals surface area (Å²) in [7, 11) is 1.41. The van der Waals surface area contributed by atoms with Crippen LogP contribution in [0.25, 0.3) is 0 Å². The van der Waals surface area contributed by atoms with Crippen molar-refractivity contribution in [1.82, 2.24) is 15.1 Å². The third kappa shape index (κ3) is 3.16. The van der Waals surface area contributed by atoms with E-state index in [0.29, 0.717) is 11.3 Å². The summed E-state index contributed by atoms with van der Waals surface area (Å²) in [6.07, 6.45) is -1.71. The molecular weight excluding hydrogens is 254 g/mol. The van der Waals surface area contributed by atoms with E-state index in [1.54, 1.807) is 13.8 Å². The number of carboxylic acid groups (broad SMARTS) is 1. The Kier molecular flexibility index (Phi) is 4.38. The molecule has 0 bridgehead atoms. The lowest BCUT2D eigenvalue weighted by atomic mass is 10.1. The quantitative estimate of drug-likeness (QED) is 0.616. The molecule has 1 atom stereocenters. The first-order valence-electron chi connectivity index (χ1n) is 5.49. The van der Waals surface area contributed by atoms with E-state index in [4.69, 9.17) is 10.2 Å². The zero-order valence-corrected chi connectivity index (χ0v) is 10.8. The van der Waals surface area contributed by atoms with Crippen molar-refractivity contribution in [2.24, 2.45) is 7.05 Å². The van der Waals surface area contributed by atoms with Crippen LogP contribution in [-0.2, 0) is 11.8 Å². The largest absolute Gasteiger partial charge is 0.479 e. The summed E-state index contributed by atoms with van der Waals surface area (Å²) in [4.78, 5) is 34.1. The Morgan fingerprint density at radius 2 is 2.00 bits per heavy atom. The number of aliphatic carboxylic acids is 1. The van der Waals surface area contributed by atoms with Crippen LogP contribution < -0.4 is 10.9 Å². The highest BCUT2D eigenvalue weighted by atomic mass is 16.4. The maximum absolute atomic E-state index is 11.9. The number of nitrogens with zero attached hydrogens (tertiary/aromatic N) is 2. The van der Waals surface area contributed by atoms with Crippen molar-refractivity contribution in [2.45, 2.75) is 20.0 Å². The third-order valence-corrected chi connectivity index (χ3v) is 2.69. The monoisotopic (exact) mass is 269 g/mol. The van der Waals surface area contributed by atoms with Crippen LogP contribution in [0.15, 0.2) is 4.79 Å². The molecule has 0 saturated carbocycles. The number of amides is 1. The van der Waals surface area contributed by atoms with E-state index in [2.05, 4.69) is 10.4 Å². The molecule has 1 amide bonds. The highest BCUT2D eigenvalue weighted by Crippen LogP contribution is 2.05. The summed E-state index contributed by atoms with van der Waals surface area (Å²) >= 11 is 0. The van der Waals surface area contributed by atoms with E-state index in [-0.39, 0.29) is 5.56 Å². The van der Waals surface area contributed by atoms with E-state index < -0.39 is 30.1 Å². The van der Waals surface area contributed by atoms with Gasteiger partial charge in [-0.15, -0.1) is 0 Å². The molecule has 0 fully saturated rings. The lowest BCUT2D eigenvalue weighted by Gasteiger charge is -2.11. The molecule has 3 N–H and O–H groups in total. The fourth-order valence-corrected chi connectivity index (χ4v) is 1.48. The minimum atomic E-state index is -1.71. The van der Waals surface area contributed by atoms with Crippen molar-refractivity contribution < 1.29 is 19.8 Å². The molecule has 1 aromatic heterocycles. The van der Waals surface area contributed by atoms with Gasteiger partial charge in [0, 0.05) is 7.05 Å². The summed E-state index contributed by atoms with van der Waals surface area (Å²) in [5.41, 5.74) is 0.259. The minimum Gasteiger partial charge on any atom is -0.479 e. The fraction of sp³-hybridized carbons (Fsp3) is 0.455. The average molecular weight is 269 g/mol. The Morgan fingerprint density at radius 3 is 2.53 bits per heavy atom. The number of hydrogen-bond acceptors (Lipinski definition) is 5. The number of aryl methyl sites for hydroxylation is 2. The molecule has 0 saturated heterocycles. The first-order valence-corrected chi connectivity index (χ1v) is 5.49. The van der Waals surface area contributed by atoms with Crippen LogP contribution in [0.4, 0.5) is 0 Å². The van der Waals surface area contributed by atoms with E-state index in [1.165, 1.54) is 7.05 Å². The first kappa shape index (κ1) is 14.8. The Labute approximate surface area is 108 Å². The molecule has 0 radical (unpaired) electrons. The van der Waals surface area contributed by atoms with Crippen LogP contribution in [0.5, 0.6) is 0 Å². The lowest BCUT2D eigenvalue weighted by molar-refractivity contribution is -0.146. The fourth-order valence-electron chi connectivity index (χ4n) is 1.48. The van der Waals surface area contributed by atoms with Gasteiger partial charge in [0.15, 0.2) is 6.10 Å². The van der Waals surface area contributed by atoms with Crippen LogP contribution in [0.3, 0.4) is 0 Å². The van der Waals surface area contributed by atoms with E-state index >= 15 is 0 Å². The van der Waals surface area contributed by atoms with Crippen molar-refractivity contribution in [2.75, 3.05) is 6.54 Å². The second-order valence-electron chi connectivity index (χ2n) is 4.08. The molecule has 0 aromatic carbocycles. The third-order valence-electron chi connectivity index (χ3n) is 2.69. The molecule has 104 valence electrons. The van der Waals surface area contributed by atoms with Crippen LogP contribution in [0, 0.1) is 13.8 Å². The Bertz CT molecular complexity index is 578. The number of carbonyl (C=O) groups excluding carboxylic acids is 1. The Hall–Kier alpha value is -2.22. The standard InChI is InChI=1S/C11H15N3O5/c1-5-6(2)13-14(3)10(17)8(5)9(16)12-4-7(15)11(18)19/h7,15H,4H2,1-3H3,(H,12,16)(H,18,19)/t7-/m0/s1. The first-order chi connectivity index (χ1) is 8.75. The highest BCUT2D eigenvalue weighted by molar-refractivity contribution is 5.95. The molecule has 1 rings (SSSR count). The highest BCUT2D eigenvalue weighted by Gasteiger charge is 2.20. The van der Waals surface area contributed by atoms with Gasteiger partial charge in [-0.2, -0.15) is 5.10 Å². The van der Waals surface area contributed by atoms with Gasteiger partial charge in [0.1, 0.15) is 5.56 Å². The van der Waals surface area contributed by atoms with Gasteiger partial charge in [-0.1, -0.05) is 0 Å². The normalized spacial score (nSPS) is 12.0. The molecule has 0 spiro atoms. The number of rotatable bonds is 4. The summed E-state index contributed by atoms with van der Waals surface area (Å²) in [5.74, 6) is -2.18. The van der Waals surface area contributed by atoms with Crippen molar-refractivity contribution in [3.05, 3.63) is 27.2 Å². The van der Waals surface area contributed by atoms with Gasteiger partial charge in [-0.25, -0.2) is 9.48 Å². The van der Waals surface area contributed by atoms with Crippen LogP contribution in [-0.4, -0.2) is 44.5 Å². The van der Waals surface area contributed by atoms with Gasteiger partial charge in [0.05, 0.1) is 12.2 Å². The van der Waals surface area contributed by atoms with E-state index in [0.717, 1.165) is 4.68 Å². The zero-order chi connectivity index (χ0) is 14.7.